The number of aryl methyl sites for hydroxylation is 1. The lowest BCUT2D eigenvalue weighted by molar-refractivity contribution is 0.0473. The minimum Gasteiger partial charge on any atom is -0.444 e. The quantitative estimate of drug-likeness (QED) is 0.908. The lowest BCUT2D eigenvalue weighted by Crippen LogP contribution is -2.53. The molecule has 6 heteroatoms. The highest BCUT2D eigenvalue weighted by atomic mass is 32.1. The van der Waals surface area contributed by atoms with E-state index in [0.29, 0.717) is 11.8 Å². The molecule has 2 fully saturated rings. The van der Waals surface area contributed by atoms with E-state index in [4.69, 9.17) is 4.74 Å². The standard InChI is InChI=1S/C16H25N3O2S/c1-10-7-13(22-18-10)19-8-11-5-6-12(9-19)14(11)17-15(20)21-16(2,3)4/h7,11-12,14H,5-6,8-9H2,1-4H3,(H,17,20). The Labute approximate surface area is 136 Å². The molecule has 2 atom stereocenters. The highest BCUT2D eigenvalue weighted by molar-refractivity contribution is 7.10. The van der Waals surface area contributed by atoms with Gasteiger partial charge in [0.25, 0.3) is 0 Å². The SMILES string of the molecule is Cc1cc(N2CC3CCC(C2)C3NC(=O)OC(C)(C)C)sn1. The van der Waals surface area contributed by atoms with Crippen LogP contribution in [0.3, 0.4) is 0 Å². The summed E-state index contributed by atoms with van der Waals surface area (Å²) in [5.41, 5.74) is 0.644. The minimum atomic E-state index is -0.440. The van der Waals surface area contributed by atoms with Crippen LogP contribution in [0.25, 0.3) is 0 Å². The first-order chi connectivity index (χ1) is 10.3. The van der Waals surface area contributed by atoms with Crippen molar-refractivity contribution in [2.45, 2.75) is 52.2 Å². The second-order valence-corrected chi connectivity index (χ2v) is 8.26. The lowest BCUT2D eigenvalue weighted by Gasteiger charge is -2.38. The molecule has 122 valence electrons. The molecule has 2 heterocycles. The molecule has 5 nitrogen and oxygen atoms in total. The molecule has 2 unspecified atom stereocenters. The number of ether oxygens (including phenoxy) is 1. The van der Waals surface area contributed by atoms with E-state index in [0.717, 1.165) is 18.8 Å². The molecular formula is C16H25N3O2S. The van der Waals surface area contributed by atoms with Crippen molar-refractivity contribution >= 4 is 22.6 Å². The first-order valence-corrected chi connectivity index (χ1v) is 8.77. The molecule has 1 saturated heterocycles. The van der Waals surface area contributed by atoms with Gasteiger partial charge in [0.15, 0.2) is 0 Å². The van der Waals surface area contributed by atoms with E-state index in [1.165, 1.54) is 17.8 Å². The Bertz CT molecular complexity index is 538. The number of fused-ring (bicyclic) bond motifs is 2. The molecule has 1 amide bonds. The number of carbonyl (C=O) groups is 1. The van der Waals surface area contributed by atoms with Crippen molar-refractivity contribution in [3.05, 3.63) is 11.8 Å². The number of hydrogen-bond acceptors (Lipinski definition) is 5. The van der Waals surface area contributed by atoms with Gasteiger partial charge in [0.05, 0.1) is 5.69 Å². The van der Waals surface area contributed by atoms with Gasteiger partial charge in [-0.3, -0.25) is 0 Å². The molecule has 1 aromatic rings. The Hall–Kier alpha value is -1.30. The van der Waals surface area contributed by atoms with Crippen LogP contribution in [-0.2, 0) is 4.74 Å². The monoisotopic (exact) mass is 323 g/mol. The fourth-order valence-electron chi connectivity index (χ4n) is 3.58. The summed E-state index contributed by atoms with van der Waals surface area (Å²) in [5, 5.41) is 4.37. The summed E-state index contributed by atoms with van der Waals surface area (Å²) >= 11 is 1.57. The van der Waals surface area contributed by atoms with Gasteiger partial charge < -0.3 is 15.0 Å². The van der Waals surface area contributed by atoms with E-state index in [1.807, 2.05) is 27.7 Å². The third-order valence-corrected chi connectivity index (χ3v) is 5.39. The number of carbonyl (C=O) groups excluding carboxylic acids is 1. The van der Waals surface area contributed by atoms with Gasteiger partial charge in [0.2, 0.25) is 0 Å². The first-order valence-electron chi connectivity index (χ1n) is 7.99. The van der Waals surface area contributed by atoms with Gasteiger partial charge in [0.1, 0.15) is 10.6 Å². The summed E-state index contributed by atoms with van der Waals surface area (Å²) in [4.78, 5) is 14.5. The predicted octanol–water partition coefficient (Wildman–Crippen LogP) is 3.19. The van der Waals surface area contributed by atoms with Crippen LogP contribution in [0.1, 0.15) is 39.3 Å². The molecule has 2 bridgehead atoms. The number of aromatic nitrogens is 1. The maximum Gasteiger partial charge on any atom is 0.407 e. The van der Waals surface area contributed by atoms with E-state index >= 15 is 0 Å². The third-order valence-electron chi connectivity index (χ3n) is 4.44. The summed E-state index contributed by atoms with van der Waals surface area (Å²) in [6.07, 6.45) is 2.08. The third kappa shape index (κ3) is 3.37. The van der Waals surface area contributed by atoms with Crippen molar-refractivity contribution in [3.63, 3.8) is 0 Å². The Balaban J connectivity index is 1.62. The van der Waals surface area contributed by atoms with Crippen LogP contribution in [0.4, 0.5) is 9.80 Å². The van der Waals surface area contributed by atoms with Crippen molar-refractivity contribution in [2.75, 3.05) is 18.0 Å². The maximum absolute atomic E-state index is 12.0. The largest absolute Gasteiger partial charge is 0.444 e. The summed E-state index contributed by atoms with van der Waals surface area (Å²) in [6, 6.07) is 2.41. The van der Waals surface area contributed by atoms with Gasteiger partial charge in [-0.1, -0.05) is 0 Å². The van der Waals surface area contributed by atoms with Gasteiger partial charge in [-0.05, 0) is 70.0 Å². The van der Waals surface area contributed by atoms with Crippen molar-refractivity contribution in [3.8, 4) is 0 Å². The number of amides is 1. The predicted molar refractivity (Wildman–Crippen MR) is 88.4 cm³/mol. The minimum absolute atomic E-state index is 0.250. The van der Waals surface area contributed by atoms with Crippen molar-refractivity contribution in [1.29, 1.82) is 0 Å². The Morgan fingerprint density at radius 2 is 2.00 bits per heavy atom. The van der Waals surface area contributed by atoms with E-state index in [-0.39, 0.29) is 12.1 Å². The summed E-state index contributed by atoms with van der Waals surface area (Å²) in [7, 11) is 0. The number of anilines is 1. The number of alkyl carbamates (subject to hydrolysis) is 1. The molecule has 1 saturated carbocycles. The molecule has 1 aliphatic heterocycles. The average molecular weight is 323 g/mol. The van der Waals surface area contributed by atoms with Crippen LogP contribution < -0.4 is 10.2 Å². The highest BCUT2D eigenvalue weighted by Crippen LogP contribution is 2.39. The summed E-state index contributed by atoms with van der Waals surface area (Å²) < 4.78 is 9.79. The van der Waals surface area contributed by atoms with Crippen molar-refractivity contribution < 1.29 is 9.53 Å². The Morgan fingerprint density at radius 1 is 1.36 bits per heavy atom. The average Bonchev–Trinajstić information content (AvgIpc) is 2.89. The smallest absolute Gasteiger partial charge is 0.407 e. The van der Waals surface area contributed by atoms with E-state index in [9.17, 15) is 4.79 Å². The number of hydrogen-bond donors (Lipinski definition) is 1. The second kappa shape index (κ2) is 5.72. The molecule has 22 heavy (non-hydrogen) atoms. The molecule has 0 aromatic carbocycles. The van der Waals surface area contributed by atoms with Crippen LogP contribution in [0.2, 0.25) is 0 Å². The van der Waals surface area contributed by atoms with E-state index in [1.54, 1.807) is 11.5 Å². The topological polar surface area (TPSA) is 54.5 Å². The highest BCUT2D eigenvalue weighted by Gasteiger charge is 2.43. The first kappa shape index (κ1) is 15.6. The van der Waals surface area contributed by atoms with Crippen LogP contribution in [-0.4, -0.2) is 35.2 Å². The molecule has 2 aliphatic rings. The van der Waals surface area contributed by atoms with Gasteiger partial charge in [-0.25, -0.2) is 4.79 Å². The fourth-order valence-corrected chi connectivity index (χ4v) is 4.36. The van der Waals surface area contributed by atoms with Gasteiger partial charge in [0, 0.05) is 19.1 Å². The van der Waals surface area contributed by atoms with Crippen LogP contribution in [0.15, 0.2) is 6.07 Å². The molecule has 1 N–H and O–H groups in total. The second-order valence-electron chi connectivity index (χ2n) is 7.48. The fraction of sp³-hybridized carbons (Fsp3) is 0.750. The van der Waals surface area contributed by atoms with Gasteiger partial charge >= 0.3 is 6.09 Å². The zero-order valence-electron chi connectivity index (χ0n) is 13.8. The molecule has 1 aromatic heterocycles. The van der Waals surface area contributed by atoms with Crippen molar-refractivity contribution in [2.24, 2.45) is 11.8 Å². The summed E-state index contributed by atoms with van der Waals surface area (Å²) in [5.74, 6) is 1.02. The van der Waals surface area contributed by atoms with E-state index < -0.39 is 5.60 Å². The molecule has 0 spiro atoms. The number of piperidine rings is 1. The molecule has 1 aliphatic carbocycles. The normalized spacial score (nSPS) is 27.8. The van der Waals surface area contributed by atoms with Gasteiger partial charge in [-0.15, -0.1) is 0 Å². The van der Waals surface area contributed by atoms with Crippen molar-refractivity contribution in [1.82, 2.24) is 9.69 Å². The van der Waals surface area contributed by atoms with Crippen LogP contribution in [0.5, 0.6) is 0 Å². The molecular weight excluding hydrogens is 298 g/mol. The maximum atomic E-state index is 12.0. The number of nitrogens with one attached hydrogen (secondary N) is 1. The van der Waals surface area contributed by atoms with Crippen LogP contribution >= 0.6 is 11.5 Å². The summed E-state index contributed by atoms with van der Waals surface area (Å²) in [6.45, 7) is 9.73. The number of nitrogens with zero attached hydrogens (tertiary/aromatic N) is 2. The van der Waals surface area contributed by atoms with Gasteiger partial charge in [-0.2, -0.15) is 4.37 Å². The zero-order chi connectivity index (χ0) is 15.9. The Kier molecular flexibility index (Phi) is 4.05. The molecule has 0 radical (unpaired) electrons. The van der Waals surface area contributed by atoms with E-state index in [2.05, 4.69) is 20.7 Å². The lowest BCUT2D eigenvalue weighted by atomic mass is 9.92. The number of rotatable bonds is 2. The Morgan fingerprint density at radius 3 is 2.50 bits per heavy atom. The molecule has 3 rings (SSSR count). The van der Waals surface area contributed by atoms with Crippen LogP contribution in [0, 0.1) is 18.8 Å². The zero-order valence-corrected chi connectivity index (χ0v) is 14.6.